The van der Waals surface area contributed by atoms with Crippen LogP contribution >= 0.6 is 11.3 Å². The van der Waals surface area contributed by atoms with Crippen molar-refractivity contribution in [1.82, 2.24) is 9.88 Å². The number of fused-ring (bicyclic) bond motifs is 1. The van der Waals surface area contributed by atoms with Crippen molar-refractivity contribution < 1.29 is 22.8 Å². The molecule has 2 aromatic rings. The van der Waals surface area contributed by atoms with Crippen LogP contribution in [0, 0.1) is 0 Å². The molecule has 2 amide bonds. The summed E-state index contributed by atoms with van der Waals surface area (Å²) in [5.74, 6) is -0.686. The van der Waals surface area contributed by atoms with Gasteiger partial charge in [-0.05, 0) is 18.2 Å². The number of anilines is 1. The van der Waals surface area contributed by atoms with E-state index in [9.17, 15) is 22.8 Å². The van der Waals surface area contributed by atoms with E-state index in [1.165, 1.54) is 35.3 Å². The van der Waals surface area contributed by atoms with E-state index in [0.717, 1.165) is 22.7 Å². The molecule has 0 radical (unpaired) electrons. The summed E-state index contributed by atoms with van der Waals surface area (Å²) in [6.07, 6.45) is -3.99. The van der Waals surface area contributed by atoms with E-state index in [2.05, 4.69) is 10.3 Å². The van der Waals surface area contributed by atoms with Crippen LogP contribution in [-0.4, -0.2) is 28.2 Å². The van der Waals surface area contributed by atoms with Crippen molar-refractivity contribution in [2.75, 3.05) is 11.9 Å². The molecule has 9 heteroatoms. The molecule has 0 fully saturated rings. The van der Waals surface area contributed by atoms with Crippen molar-refractivity contribution in [3.63, 3.8) is 0 Å². The second-order valence-corrected chi connectivity index (χ2v) is 6.71. The zero-order valence-corrected chi connectivity index (χ0v) is 14.0. The van der Waals surface area contributed by atoms with Crippen LogP contribution in [0.4, 0.5) is 18.3 Å². The van der Waals surface area contributed by atoms with Crippen molar-refractivity contribution in [3.05, 3.63) is 46.0 Å². The molecule has 25 heavy (non-hydrogen) atoms. The predicted octanol–water partition coefficient (Wildman–Crippen LogP) is 3.32. The molecule has 0 atom stereocenters. The van der Waals surface area contributed by atoms with Crippen molar-refractivity contribution in [2.24, 2.45) is 0 Å². The number of carbonyl (C=O) groups excluding carboxylic acids is 2. The van der Waals surface area contributed by atoms with Gasteiger partial charge in [-0.1, -0.05) is 17.4 Å². The van der Waals surface area contributed by atoms with Crippen molar-refractivity contribution >= 4 is 28.3 Å². The molecular weight excluding hydrogens is 355 g/mol. The summed E-state index contributed by atoms with van der Waals surface area (Å²) < 4.78 is 38.4. The summed E-state index contributed by atoms with van der Waals surface area (Å²) in [4.78, 5) is 30.3. The van der Waals surface area contributed by atoms with Crippen LogP contribution in [0.3, 0.4) is 0 Å². The first-order chi connectivity index (χ1) is 11.7. The van der Waals surface area contributed by atoms with Crippen LogP contribution in [0.25, 0.3) is 0 Å². The lowest BCUT2D eigenvalue weighted by Crippen LogP contribution is -2.35. The van der Waals surface area contributed by atoms with Gasteiger partial charge in [0.25, 0.3) is 5.91 Å². The number of thiazole rings is 1. The topological polar surface area (TPSA) is 62.3 Å². The number of rotatable bonds is 2. The van der Waals surface area contributed by atoms with E-state index in [-0.39, 0.29) is 18.0 Å². The average Bonchev–Trinajstić information content (AvgIpc) is 2.93. The van der Waals surface area contributed by atoms with Crippen molar-refractivity contribution in [1.29, 1.82) is 0 Å². The standard InChI is InChI=1S/C16H14F3N3O2S/c1-9(23)20-15-21-12-5-6-22(8-13(12)25-15)14(24)10-3-2-4-11(7-10)16(17,18)19/h2-4,7H,5-6,8H2,1H3,(H,20,21,23). The van der Waals surface area contributed by atoms with Crippen LogP contribution in [0.1, 0.15) is 33.4 Å². The molecule has 1 N–H and O–H groups in total. The number of halogens is 3. The summed E-state index contributed by atoms with van der Waals surface area (Å²) in [5.41, 5.74) is -0.0338. The largest absolute Gasteiger partial charge is 0.416 e. The van der Waals surface area contributed by atoms with E-state index in [1.54, 1.807) is 0 Å². The smallest absolute Gasteiger partial charge is 0.333 e. The predicted molar refractivity (Wildman–Crippen MR) is 86.3 cm³/mol. The fraction of sp³-hybridized carbons (Fsp3) is 0.312. The van der Waals surface area contributed by atoms with Gasteiger partial charge in [-0.2, -0.15) is 13.2 Å². The highest BCUT2D eigenvalue weighted by molar-refractivity contribution is 7.15. The first-order valence-corrected chi connectivity index (χ1v) is 8.28. The molecule has 0 aliphatic carbocycles. The number of carbonyl (C=O) groups is 2. The minimum atomic E-state index is -4.49. The van der Waals surface area contributed by atoms with Gasteiger partial charge < -0.3 is 10.2 Å². The van der Waals surface area contributed by atoms with Gasteiger partial charge in [0.15, 0.2) is 5.13 Å². The van der Waals surface area contributed by atoms with Crippen molar-refractivity contribution in [3.8, 4) is 0 Å². The molecule has 0 saturated heterocycles. The Morgan fingerprint density at radius 1 is 1.32 bits per heavy atom. The first kappa shape index (κ1) is 17.4. The van der Waals surface area contributed by atoms with Gasteiger partial charge in [-0.15, -0.1) is 0 Å². The maximum atomic E-state index is 12.8. The average molecular weight is 369 g/mol. The Bertz CT molecular complexity index is 832. The first-order valence-electron chi connectivity index (χ1n) is 7.47. The molecule has 1 aromatic heterocycles. The highest BCUT2D eigenvalue weighted by Gasteiger charge is 2.32. The highest BCUT2D eigenvalue weighted by atomic mass is 32.1. The van der Waals surface area contributed by atoms with Gasteiger partial charge >= 0.3 is 6.18 Å². The van der Waals surface area contributed by atoms with Gasteiger partial charge in [0.1, 0.15) is 0 Å². The molecule has 0 bridgehead atoms. The molecule has 0 unspecified atom stereocenters. The molecule has 132 valence electrons. The Morgan fingerprint density at radius 2 is 2.08 bits per heavy atom. The van der Waals surface area contributed by atoms with Gasteiger partial charge in [0, 0.05) is 30.3 Å². The summed E-state index contributed by atoms with van der Waals surface area (Å²) in [7, 11) is 0. The Balaban J connectivity index is 1.78. The summed E-state index contributed by atoms with van der Waals surface area (Å²) in [6, 6.07) is 4.41. The quantitative estimate of drug-likeness (QED) is 0.883. The Kier molecular flexibility index (Phi) is 4.51. The van der Waals surface area contributed by atoms with Gasteiger partial charge in [0.2, 0.25) is 5.91 Å². The molecule has 0 spiro atoms. The molecule has 5 nitrogen and oxygen atoms in total. The Morgan fingerprint density at radius 3 is 2.76 bits per heavy atom. The van der Waals surface area contributed by atoms with Crippen LogP contribution in [0.2, 0.25) is 0 Å². The number of alkyl halides is 3. The maximum Gasteiger partial charge on any atom is 0.416 e. The Hall–Kier alpha value is -2.42. The second kappa shape index (κ2) is 6.47. The zero-order valence-electron chi connectivity index (χ0n) is 13.2. The number of amides is 2. The number of nitrogens with one attached hydrogen (secondary N) is 1. The SMILES string of the molecule is CC(=O)Nc1nc2c(s1)CN(C(=O)c1cccc(C(F)(F)F)c1)CC2. The number of hydrogen-bond acceptors (Lipinski definition) is 4. The second-order valence-electron chi connectivity index (χ2n) is 5.63. The molecule has 3 rings (SSSR count). The Labute approximate surface area is 145 Å². The fourth-order valence-corrected chi connectivity index (χ4v) is 3.65. The lowest BCUT2D eigenvalue weighted by molar-refractivity contribution is -0.137. The molecule has 1 aliphatic heterocycles. The minimum Gasteiger partial charge on any atom is -0.333 e. The number of benzene rings is 1. The molecule has 1 aromatic carbocycles. The van der Waals surface area contributed by atoms with Crippen LogP contribution in [-0.2, 0) is 23.9 Å². The van der Waals surface area contributed by atoms with Gasteiger partial charge in [-0.3, -0.25) is 9.59 Å². The van der Waals surface area contributed by atoms with Gasteiger partial charge in [-0.25, -0.2) is 4.98 Å². The lowest BCUT2D eigenvalue weighted by Gasteiger charge is -2.26. The number of nitrogens with zero attached hydrogens (tertiary/aromatic N) is 2. The van der Waals surface area contributed by atoms with Crippen LogP contribution in [0.5, 0.6) is 0 Å². The zero-order chi connectivity index (χ0) is 18.2. The molecule has 1 aliphatic rings. The summed E-state index contributed by atoms with van der Waals surface area (Å²) in [6.45, 7) is 2.01. The summed E-state index contributed by atoms with van der Waals surface area (Å²) in [5, 5.41) is 3.07. The lowest BCUT2D eigenvalue weighted by atomic mass is 10.1. The van der Waals surface area contributed by atoms with E-state index in [0.29, 0.717) is 18.1 Å². The van der Waals surface area contributed by atoms with E-state index >= 15 is 0 Å². The van der Waals surface area contributed by atoms with Crippen LogP contribution < -0.4 is 5.32 Å². The summed E-state index contributed by atoms with van der Waals surface area (Å²) >= 11 is 1.27. The minimum absolute atomic E-state index is 0.00451. The number of hydrogen-bond donors (Lipinski definition) is 1. The third-order valence-electron chi connectivity index (χ3n) is 3.74. The molecular formula is C16H14F3N3O2S. The molecule has 2 heterocycles. The third-order valence-corrected chi connectivity index (χ3v) is 4.74. The van der Waals surface area contributed by atoms with E-state index < -0.39 is 17.6 Å². The van der Waals surface area contributed by atoms with Crippen molar-refractivity contribution in [2.45, 2.75) is 26.1 Å². The monoisotopic (exact) mass is 369 g/mol. The third kappa shape index (κ3) is 3.81. The molecule has 0 saturated carbocycles. The fourth-order valence-electron chi connectivity index (χ4n) is 2.58. The van der Waals surface area contributed by atoms with Gasteiger partial charge in [0.05, 0.1) is 17.8 Å². The van der Waals surface area contributed by atoms with E-state index in [4.69, 9.17) is 0 Å². The van der Waals surface area contributed by atoms with Crippen LogP contribution in [0.15, 0.2) is 24.3 Å². The van der Waals surface area contributed by atoms with E-state index in [1.807, 2.05) is 0 Å². The maximum absolute atomic E-state index is 12.8. The number of aromatic nitrogens is 1. The normalized spacial score (nSPS) is 14.2. The highest BCUT2D eigenvalue weighted by Crippen LogP contribution is 2.31.